The number of hydrogen-bond acceptors (Lipinski definition) is 3. The summed E-state index contributed by atoms with van der Waals surface area (Å²) in [6.07, 6.45) is -4.62. The van der Waals surface area contributed by atoms with E-state index in [0.717, 1.165) is 5.56 Å². The monoisotopic (exact) mass is 436 g/mol. The normalized spacial score (nSPS) is 10.8. The van der Waals surface area contributed by atoms with E-state index in [9.17, 15) is 27.6 Å². The number of benzene rings is 2. The van der Waals surface area contributed by atoms with Gasteiger partial charge >= 0.3 is 12.2 Å². The van der Waals surface area contributed by atoms with Gasteiger partial charge in [0.25, 0.3) is 5.91 Å². The highest BCUT2D eigenvalue weighted by Crippen LogP contribution is 2.17. The summed E-state index contributed by atoms with van der Waals surface area (Å²) in [6, 6.07) is 14.8. The minimum absolute atomic E-state index is 0.0479. The molecule has 0 aliphatic heterocycles. The predicted molar refractivity (Wildman–Crippen MR) is 109 cm³/mol. The van der Waals surface area contributed by atoms with Gasteiger partial charge in [0.1, 0.15) is 6.54 Å². The second-order valence-corrected chi connectivity index (χ2v) is 6.72. The minimum Gasteiger partial charge on any atom is -0.343 e. The van der Waals surface area contributed by atoms with E-state index in [1.54, 1.807) is 12.4 Å². The van der Waals surface area contributed by atoms with Gasteiger partial charge in [0, 0.05) is 26.6 Å². The second kappa shape index (κ2) is 11.0. The first kappa shape index (κ1) is 23.7. The minimum atomic E-state index is -4.54. The maximum absolute atomic E-state index is 12.3. The molecule has 0 radical (unpaired) electrons. The number of rotatable bonds is 8. The molecule has 2 aromatic carbocycles. The first-order valence-electron chi connectivity index (χ1n) is 9.42. The summed E-state index contributed by atoms with van der Waals surface area (Å²) in [5.41, 5.74) is 0.949. The molecule has 0 aliphatic carbocycles. The number of halogens is 3. The highest BCUT2D eigenvalue weighted by molar-refractivity contribution is 6.03. The van der Waals surface area contributed by atoms with Crippen LogP contribution in [0.1, 0.15) is 22.3 Å². The Morgan fingerprint density at radius 2 is 1.58 bits per heavy atom. The highest BCUT2D eigenvalue weighted by Gasteiger charge is 2.28. The van der Waals surface area contributed by atoms with E-state index >= 15 is 0 Å². The number of anilines is 1. The molecule has 0 fully saturated rings. The van der Waals surface area contributed by atoms with E-state index in [4.69, 9.17) is 0 Å². The molecule has 0 spiro atoms. The number of alkyl halides is 3. The third kappa shape index (κ3) is 8.37. The summed E-state index contributed by atoms with van der Waals surface area (Å²) in [4.78, 5) is 37.7. The zero-order valence-electron chi connectivity index (χ0n) is 16.8. The molecule has 0 saturated carbocycles. The maximum atomic E-state index is 12.3. The van der Waals surface area contributed by atoms with E-state index in [-0.39, 0.29) is 30.2 Å². The van der Waals surface area contributed by atoms with Gasteiger partial charge in [0.2, 0.25) is 5.91 Å². The Balaban J connectivity index is 1.82. The fourth-order valence-electron chi connectivity index (χ4n) is 2.63. The zero-order chi connectivity index (χ0) is 22.9. The van der Waals surface area contributed by atoms with Crippen LogP contribution in [0.3, 0.4) is 0 Å². The van der Waals surface area contributed by atoms with Crippen molar-refractivity contribution in [2.75, 3.05) is 25.5 Å². The predicted octanol–water partition coefficient (Wildman–Crippen LogP) is 3.15. The topological polar surface area (TPSA) is 90.5 Å². The molecular formula is C21H23F3N4O3. The van der Waals surface area contributed by atoms with Crippen LogP contribution in [0.4, 0.5) is 23.7 Å². The van der Waals surface area contributed by atoms with Crippen LogP contribution in [0, 0.1) is 0 Å². The van der Waals surface area contributed by atoms with Gasteiger partial charge in [-0.25, -0.2) is 4.79 Å². The second-order valence-electron chi connectivity index (χ2n) is 6.72. The average molecular weight is 436 g/mol. The quantitative estimate of drug-likeness (QED) is 0.594. The van der Waals surface area contributed by atoms with Crippen LogP contribution in [-0.4, -0.2) is 49.1 Å². The number of amides is 4. The SMILES string of the molecule is CN(Cc1ccccc1)C(=O)NCCC(=O)Nc1ccccc1C(=O)NCC(F)(F)F. The molecule has 0 aromatic heterocycles. The van der Waals surface area contributed by atoms with Crippen molar-refractivity contribution < 1.29 is 27.6 Å². The molecule has 31 heavy (non-hydrogen) atoms. The Bertz CT molecular complexity index is 904. The van der Waals surface area contributed by atoms with Crippen molar-refractivity contribution in [3.05, 3.63) is 65.7 Å². The summed E-state index contributed by atoms with van der Waals surface area (Å²) in [5.74, 6) is -1.45. The lowest BCUT2D eigenvalue weighted by Crippen LogP contribution is -2.38. The van der Waals surface area contributed by atoms with Gasteiger partial charge in [0.15, 0.2) is 0 Å². The molecule has 4 amide bonds. The van der Waals surface area contributed by atoms with Gasteiger partial charge < -0.3 is 20.9 Å². The number of carbonyl (C=O) groups excluding carboxylic acids is 3. The van der Waals surface area contributed by atoms with Gasteiger partial charge in [-0.3, -0.25) is 9.59 Å². The molecule has 2 rings (SSSR count). The van der Waals surface area contributed by atoms with E-state index in [2.05, 4.69) is 10.6 Å². The van der Waals surface area contributed by atoms with Crippen LogP contribution in [0.5, 0.6) is 0 Å². The summed E-state index contributed by atoms with van der Waals surface area (Å²) >= 11 is 0. The Hall–Kier alpha value is -3.56. The smallest absolute Gasteiger partial charge is 0.343 e. The number of urea groups is 1. The van der Waals surface area contributed by atoms with Crippen LogP contribution in [-0.2, 0) is 11.3 Å². The maximum Gasteiger partial charge on any atom is 0.405 e. The van der Waals surface area contributed by atoms with Crippen molar-refractivity contribution in [2.24, 2.45) is 0 Å². The van der Waals surface area contributed by atoms with Gasteiger partial charge in [-0.05, 0) is 17.7 Å². The van der Waals surface area contributed by atoms with Crippen LogP contribution < -0.4 is 16.0 Å². The summed E-state index contributed by atoms with van der Waals surface area (Å²) in [7, 11) is 1.62. The standard InChI is InChI=1S/C21H23F3N4O3/c1-28(13-15-7-3-2-4-8-15)20(31)25-12-11-18(29)27-17-10-6-5-9-16(17)19(30)26-14-21(22,23)24/h2-10H,11-14H2,1H3,(H,25,31)(H,26,30)(H,27,29). The van der Waals surface area contributed by atoms with E-state index < -0.39 is 24.5 Å². The lowest BCUT2D eigenvalue weighted by molar-refractivity contribution is -0.123. The fourth-order valence-corrected chi connectivity index (χ4v) is 2.63. The lowest BCUT2D eigenvalue weighted by Gasteiger charge is -2.18. The van der Waals surface area contributed by atoms with Gasteiger partial charge in [0.05, 0.1) is 11.3 Å². The molecule has 166 valence electrons. The molecule has 0 unspecified atom stereocenters. The Morgan fingerprint density at radius 1 is 0.935 bits per heavy atom. The van der Waals surface area contributed by atoms with Gasteiger partial charge in [-0.1, -0.05) is 42.5 Å². The van der Waals surface area contributed by atoms with Crippen molar-refractivity contribution in [3.8, 4) is 0 Å². The van der Waals surface area contributed by atoms with E-state index in [1.807, 2.05) is 30.3 Å². The first-order valence-corrected chi connectivity index (χ1v) is 9.42. The summed E-state index contributed by atoms with van der Waals surface area (Å²) in [6.45, 7) is -1.03. The highest BCUT2D eigenvalue weighted by atomic mass is 19.4. The van der Waals surface area contributed by atoms with Crippen molar-refractivity contribution in [2.45, 2.75) is 19.1 Å². The number of nitrogens with one attached hydrogen (secondary N) is 3. The summed E-state index contributed by atoms with van der Waals surface area (Å²) < 4.78 is 36.9. The average Bonchev–Trinajstić information content (AvgIpc) is 2.72. The molecule has 0 bridgehead atoms. The van der Waals surface area contributed by atoms with Crippen LogP contribution >= 0.6 is 0 Å². The van der Waals surface area contributed by atoms with Crippen LogP contribution in [0.2, 0.25) is 0 Å². The molecule has 3 N–H and O–H groups in total. The molecule has 0 atom stereocenters. The molecular weight excluding hydrogens is 413 g/mol. The van der Waals surface area contributed by atoms with Crippen LogP contribution in [0.25, 0.3) is 0 Å². The van der Waals surface area contributed by atoms with Gasteiger partial charge in [-0.15, -0.1) is 0 Å². The van der Waals surface area contributed by atoms with Crippen molar-refractivity contribution in [1.82, 2.24) is 15.5 Å². The Kier molecular flexibility index (Phi) is 8.42. The van der Waals surface area contributed by atoms with Crippen molar-refractivity contribution in [1.29, 1.82) is 0 Å². The number of hydrogen-bond donors (Lipinski definition) is 3. The van der Waals surface area contributed by atoms with Crippen molar-refractivity contribution >= 4 is 23.5 Å². The Labute approximate surface area is 177 Å². The molecule has 0 aliphatic rings. The van der Waals surface area contributed by atoms with Crippen molar-refractivity contribution in [3.63, 3.8) is 0 Å². The van der Waals surface area contributed by atoms with Gasteiger partial charge in [-0.2, -0.15) is 13.2 Å². The van der Waals surface area contributed by atoms with E-state index in [0.29, 0.717) is 6.54 Å². The molecule has 2 aromatic rings. The van der Waals surface area contributed by atoms with Crippen LogP contribution in [0.15, 0.2) is 54.6 Å². The third-order valence-electron chi connectivity index (χ3n) is 4.13. The number of carbonyl (C=O) groups is 3. The third-order valence-corrected chi connectivity index (χ3v) is 4.13. The fraction of sp³-hybridized carbons (Fsp3) is 0.286. The lowest BCUT2D eigenvalue weighted by atomic mass is 10.1. The summed E-state index contributed by atoms with van der Waals surface area (Å²) in [5, 5.41) is 6.87. The largest absolute Gasteiger partial charge is 0.405 e. The molecule has 10 heteroatoms. The number of para-hydroxylation sites is 1. The number of nitrogens with zero attached hydrogens (tertiary/aromatic N) is 1. The molecule has 0 heterocycles. The molecule has 0 saturated heterocycles. The first-order chi connectivity index (χ1) is 14.7. The Morgan fingerprint density at radius 3 is 2.26 bits per heavy atom. The zero-order valence-corrected chi connectivity index (χ0v) is 16.8. The molecule has 7 nitrogen and oxygen atoms in total. The van der Waals surface area contributed by atoms with E-state index in [1.165, 1.54) is 29.2 Å².